The molecule has 0 spiro atoms. The van der Waals surface area contributed by atoms with Gasteiger partial charge in [0.15, 0.2) is 0 Å². The number of rotatable bonds is 6. The number of nitrogens with one attached hydrogen (secondary N) is 1. The van der Waals surface area contributed by atoms with Crippen molar-refractivity contribution in [2.45, 2.75) is 40.5 Å². The third-order valence-electron chi connectivity index (χ3n) is 3.42. The van der Waals surface area contributed by atoms with Crippen LogP contribution in [0.1, 0.15) is 40.5 Å². The quantitative estimate of drug-likeness (QED) is 0.682. The van der Waals surface area contributed by atoms with E-state index in [1.165, 1.54) is 11.1 Å². The van der Waals surface area contributed by atoms with Gasteiger partial charge in [-0.15, -0.1) is 0 Å². The molecule has 20 heavy (non-hydrogen) atoms. The average Bonchev–Trinajstić information content (AvgIpc) is 2.91. The van der Waals surface area contributed by atoms with Gasteiger partial charge in [-0.2, -0.15) is 0 Å². The van der Waals surface area contributed by atoms with Crippen LogP contribution < -0.4 is 5.32 Å². The highest BCUT2D eigenvalue weighted by Crippen LogP contribution is 2.23. The monoisotopic (exact) mass is 270 g/mol. The van der Waals surface area contributed by atoms with Crippen LogP contribution in [0, 0.1) is 5.92 Å². The van der Waals surface area contributed by atoms with E-state index in [-0.39, 0.29) is 0 Å². The van der Waals surface area contributed by atoms with E-state index in [0.717, 1.165) is 24.3 Å². The van der Waals surface area contributed by atoms with Gasteiger partial charge in [-0.3, -0.25) is 0 Å². The average molecular weight is 270 g/mol. The van der Waals surface area contributed by atoms with E-state index in [1.807, 2.05) is 12.3 Å². The number of amidine groups is 1. The smallest absolute Gasteiger partial charge is 0.137 e. The fraction of sp³-hybridized carbons (Fsp3) is 0.389. The van der Waals surface area contributed by atoms with Crippen LogP contribution >= 0.6 is 0 Å². The standard InChI is InChI=1S/C18H26N2/c1-6-9-10-16(13-14(4)7-2)15(5)17-11-12-20-18(17)19-8-3/h8-14H,3,6-7H2,1-2,4-5H3,(H,19,20)/b10-9-,16-13+,17-15+. The zero-order valence-electron chi connectivity index (χ0n) is 13.1. The highest BCUT2D eigenvalue weighted by Gasteiger charge is 2.12. The molecule has 1 unspecified atom stereocenters. The number of aliphatic imine (C=N–C) groups is 1. The second-order valence-electron chi connectivity index (χ2n) is 5.00. The molecular formula is C18H26N2. The minimum absolute atomic E-state index is 0.570. The molecule has 0 bridgehead atoms. The van der Waals surface area contributed by atoms with E-state index in [2.05, 4.69) is 62.8 Å². The lowest BCUT2D eigenvalue weighted by Gasteiger charge is -2.12. The van der Waals surface area contributed by atoms with Crippen LogP contribution in [0.2, 0.25) is 0 Å². The van der Waals surface area contributed by atoms with Gasteiger partial charge in [0.25, 0.3) is 0 Å². The third-order valence-corrected chi connectivity index (χ3v) is 3.42. The van der Waals surface area contributed by atoms with Crippen molar-refractivity contribution in [2.75, 3.05) is 0 Å². The van der Waals surface area contributed by atoms with Crippen molar-refractivity contribution in [3.63, 3.8) is 0 Å². The molecule has 0 aromatic heterocycles. The summed E-state index contributed by atoms with van der Waals surface area (Å²) in [4.78, 5) is 4.33. The summed E-state index contributed by atoms with van der Waals surface area (Å²) in [6, 6.07) is 0. The summed E-state index contributed by atoms with van der Waals surface area (Å²) in [5.41, 5.74) is 3.67. The topological polar surface area (TPSA) is 24.4 Å². The molecule has 0 aliphatic carbocycles. The van der Waals surface area contributed by atoms with Gasteiger partial charge in [0.05, 0.1) is 0 Å². The third kappa shape index (κ3) is 4.37. The van der Waals surface area contributed by atoms with Crippen molar-refractivity contribution >= 4 is 5.84 Å². The zero-order chi connectivity index (χ0) is 15.0. The predicted octanol–water partition coefficient (Wildman–Crippen LogP) is 4.90. The first-order chi connectivity index (χ1) is 9.63. The van der Waals surface area contributed by atoms with Gasteiger partial charge in [0.2, 0.25) is 0 Å². The molecule has 1 atom stereocenters. The molecule has 1 aliphatic heterocycles. The summed E-state index contributed by atoms with van der Waals surface area (Å²) in [6.45, 7) is 12.5. The molecule has 0 aromatic carbocycles. The molecule has 1 N–H and O–H groups in total. The zero-order valence-corrected chi connectivity index (χ0v) is 13.1. The largest absolute Gasteiger partial charge is 0.347 e. The summed E-state index contributed by atoms with van der Waals surface area (Å²) in [6.07, 6.45) is 14.5. The maximum Gasteiger partial charge on any atom is 0.137 e. The van der Waals surface area contributed by atoms with Gasteiger partial charge in [0, 0.05) is 11.8 Å². The Hall–Kier alpha value is -1.83. The minimum atomic E-state index is 0.570. The van der Waals surface area contributed by atoms with E-state index in [4.69, 9.17) is 0 Å². The van der Waals surface area contributed by atoms with E-state index in [0.29, 0.717) is 5.92 Å². The molecule has 0 fully saturated rings. The van der Waals surface area contributed by atoms with Crippen LogP contribution in [0.4, 0.5) is 0 Å². The second kappa shape index (κ2) is 8.36. The molecule has 0 saturated heterocycles. The van der Waals surface area contributed by atoms with Crippen LogP contribution in [-0.4, -0.2) is 5.84 Å². The Balaban J connectivity index is 3.16. The highest BCUT2D eigenvalue weighted by molar-refractivity contribution is 6.04. The maximum absolute atomic E-state index is 4.33. The molecule has 2 heteroatoms. The van der Waals surface area contributed by atoms with Crippen LogP contribution in [0.5, 0.6) is 0 Å². The first-order valence-corrected chi connectivity index (χ1v) is 7.35. The molecular weight excluding hydrogens is 244 g/mol. The number of hydrogen-bond acceptors (Lipinski definition) is 2. The summed E-state index contributed by atoms with van der Waals surface area (Å²) >= 11 is 0. The van der Waals surface area contributed by atoms with Crippen molar-refractivity contribution in [3.8, 4) is 0 Å². The SMILES string of the molecule is C=CNC1=NC=C\C1=C(C)/C(/C=C\CC)=C/C(C)CC. The van der Waals surface area contributed by atoms with E-state index in [9.17, 15) is 0 Å². The summed E-state index contributed by atoms with van der Waals surface area (Å²) in [7, 11) is 0. The normalized spacial score (nSPS) is 19.2. The van der Waals surface area contributed by atoms with Gasteiger partial charge in [-0.1, -0.05) is 52.0 Å². The summed E-state index contributed by atoms with van der Waals surface area (Å²) in [5, 5.41) is 3.10. The maximum atomic E-state index is 4.33. The fourth-order valence-corrected chi connectivity index (χ4v) is 1.98. The minimum Gasteiger partial charge on any atom is -0.347 e. The van der Waals surface area contributed by atoms with Crippen LogP contribution in [-0.2, 0) is 0 Å². The first-order valence-electron chi connectivity index (χ1n) is 7.35. The molecule has 2 nitrogen and oxygen atoms in total. The van der Waals surface area contributed by atoms with Crippen molar-refractivity contribution in [1.29, 1.82) is 0 Å². The Kier molecular flexibility index (Phi) is 6.78. The Morgan fingerprint density at radius 2 is 2.20 bits per heavy atom. The number of nitrogens with zero attached hydrogens (tertiary/aromatic N) is 1. The van der Waals surface area contributed by atoms with Gasteiger partial charge in [0.1, 0.15) is 5.84 Å². The molecule has 108 valence electrons. The van der Waals surface area contributed by atoms with Crippen LogP contribution in [0.15, 0.2) is 65.0 Å². The Morgan fingerprint density at radius 3 is 2.80 bits per heavy atom. The summed E-state index contributed by atoms with van der Waals surface area (Å²) < 4.78 is 0. The van der Waals surface area contributed by atoms with Gasteiger partial charge in [-0.05, 0) is 42.7 Å². The molecule has 0 aromatic rings. The Labute approximate surface area is 123 Å². The Bertz CT molecular complexity index is 488. The van der Waals surface area contributed by atoms with Crippen LogP contribution in [0.25, 0.3) is 0 Å². The fourth-order valence-electron chi connectivity index (χ4n) is 1.98. The number of hydrogen-bond donors (Lipinski definition) is 1. The summed E-state index contributed by atoms with van der Waals surface area (Å²) in [5.74, 6) is 1.44. The molecule has 1 heterocycles. The van der Waals surface area contributed by atoms with Crippen molar-refractivity contribution in [2.24, 2.45) is 10.9 Å². The molecule has 0 saturated carbocycles. The molecule has 1 aliphatic rings. The molecule has 0 radical (unpaired) electrons. The lowest BCUT2D eigenvalue weighted by Crippen LogP contribution is -2.17. The lowest BCUT2D eigenvalue weighted by atomic mass is 9.95. The molecule has 1 rings (SSSR count). The predicted molar refractivity (Wildman–Crippen MR) is 89.6 cm³/mol. The van der Waals surface area contributed by atoms with Crippen molar-refractivity contribution in [3.05, 3.63) is 60.0 Å². The van der Waals surface area contributed by atoms with Crippen molar-refractivity contribution in [1.82, 2.24) is 5.32 Å². The number of allylic oxidation sites excluding steroid dienone is 5. The van der Waals surface area contributed by atoms with Crippen molar-refractivity contribution < 1.29 is 0 Å². The van der Waals surface area contributed by atoms with Gasteiger partial charge >= 0.3 is 0 Å². The molecule has 0 amide bonds. The van der Waals surface area contributed by atoms with Gasteiger partial charge in [-0.25, -0.2) is 4.99 Å². The second-order valence-corrected chi connectivity index (χ2v) is 5.00. The van der Waals surface area contributed by atoms with E-state index in [1.54, 1.807) is 6.20 Å². The first kappa shape index (κ1) is 16.2. The van der Waals surface area contributed by atoms with E-state index >= 15 is 0 Å². The lowest BCUT2D eigenvalue weighted by molar-refractivity contribution is 0.695. The highest BCUT2D eigenvalue weighted by atomic mass is 15.0. The van der Waals surface area contributed by atoms with Gasteiger partial charge < -0.3 is 5.32 Å². The van der Waals surface area contributed by atoms with Crippen LogP contribution in [0.3, 0.4) is 0 Å². The van der Waals surface area contributed by atoms with E-state index < -0.39 is 0 Å². The Morgan fingerprint density at radius 1 is 1.45 bits per heavy atom.